The monoisotopic (exact) mass is 360 g/mol. The Morgan fingerprint density at radius 3 is 2.08 bits per heavy atom. The predicted molar refractivity (Wildman–Crippen MR) is 101 cm³/mol. The summed E-state index contributed by atoms with van der Waals surface area (Å²) in [5.74, 6) is -0.206. The van der Waals surface area contributed by atoms with Gasteiger partial charge in [0.2, 0.25) is 5.91 Å². The van der Waals surface area contributed by atoms with Crippen LogP contribution in [0.2, 0.25) is 0 Å². The summed E-state index contributed by atoms with van der Waals surface area (Å²) in [4.78, 5) is 39.6. The molecule has 0 spiro atoms. The maximum absolute atomic E-state index is 12.7. The van der Waals surface area contributed by atoms with E-state index < -0.39 is 0 Å². The van der Waals surface area contributed by atoms with Gasteiger partial charge in [-0.15, -0.1) is 0 Å². The molecule has 4 amide bonds. The number of carbonyl (C=O) groups excluding carboxylic acids is 3. The first-order valence-corrected chi connectivity index (χ1v) is 8.90. The van der Waals surface area contributed by atoms with Gasteiger partial charge in [0.25, 0.3) is 5.91 Å². The summed E-state index contributed by atoms with van der Waals surface area (Å²) in [5, 5.41) is 5.65. The second-order valence-corrected chi connectivity index (χ2v) is 7.57. The maximum Gasteiger partial charge on any atom is 0.317 e. The third kappa shape index (κ3) is 5.75. The standard InChI is InChI=1S/C19H28N4O3/c1-14(24)20-16-8-6-15(7-9-16)17(25)22-10-5-11-23(13-12-22)18(26)21-19(2,3)4/h6-9H,5,10-13H2,1-4H3,(H,20,24)(H,21,26). The molecule has 2 rings (SSSR count). The Balaban J connectivity index is 1.96. The molecule has 1 aromatic rings. The molecule has 0 saturated carbocycles. The fourth-order valence-electron chi connectivity index (χ4n) is 2.81. The van der Waals surface area contributed by atoms with E-state index in [9.17, 15) is 14.4 Å². The lowest BCUT2D eigenvalue weighted by Crippen LogP contribution is -2.49. The van der Waals surface area contributed by atoms with Crippen LogP contribution in [0.15, 0.2) is 24.3 Å². The first-order chi connectivity index (χ1) is 12.2. The van der Waals surface area contributed by atoms with E-state index in [1.807, 2.05) is 20.8 Å². The van der Waals surface area contributed by atoms with Gasteiger partial charge in [-0.05, 0) is 51.5 Å². The van der Waals surface area contributed by atoms with Gasteiger partial charge < -0.3 is 20.4 Å². The molecule has 0 atom stereocenters. The number of hydrogen-bond donors (Lipinski definition) is 2. The van der Waals surface area contributed by atoms with Gasteiger partial charge in [-0.25, -0.2) is 4.79 Å². The average molecular weight is 360 g/mol. The highest BCUT2D eigenvalue weighted by Gasteiger charge is 2.24. The van der Waals surface area contributed by atoms with Gasteiger partial charge in [-0.1, -0.05) is 0 Å². The fraction of sp³-hybridized carbons (Fsp3) is 0.526. The van der Waals surface area contributed by atoms with Gasteiger partial charge in [0.1, 0.15) is 0 Å². The minimum atomic E-state index is -0.283. The number of carbonyl (C=O) groups is 3. The van der Waals surface area contributed by atoms with Gasteiger partial charge in [-0.3, -0.25) is 9.59 Å². The Kier molecular flexibility index (Phi) is 6.23. The predicted octanol–water partition coefficient (Wildman–Crippen LogP) is 2.30. The van der Waals surface area contributed by atoms with E-state index in [-0.39, 0.29) is 23.4 Å². The Hall–Kier alpha value is -2.57. The van der Waals surface area contributed by atoms with E-state index in [1.54, 1.807) is 34.1 Å². The fourth-order valence-corrected chi connectivity index (χ4v) is 2.81. The molecule has 0 aliphatic carbocycles. The van der Waals surface area contributed by atoms with Gasteiger partial charge in [-0.2, -0.15) is 0 Å². The smallest absolute Gasteiger partial charge is 0.317 e. The Labute approximate surface area is 154 Å². The molecular formula is C19H28N4O3. The normalized spacial score (nSPS) is 15.2. The number of amides is 4. The van der Waals surface area contributed by atoms with Crippen LogP contribution < -0.4 is 10.6 Å². The van der Waals surface area contributed by atoms with Crippen molar-refractivity contribution < 1.29 is 14.4 Å². The van der Waals surface area contributed by atoms with Crippen molar-refractivity contribution in [3.63, 3.8) is 0 Å². The van der Waals surface area contributed by atoms with Crippen LogP contribution in [0, 0.1) is 0 Å². The summed E-state index contributed by atoms with van der Waals surface area (Å²) < 4.78 is 0. The molecule has 0 unspecified atom stereocenters. The average Bonchev–Trinajstić information content (AvgIpc) is 2.79. The van der Waals surface area contributed by atoms with E-state index in [0.717, 1.165) is 6.42 Å². The number of rotatable bonds is 2. The van der Waals surface area contributed by atoms with E-state index in [1.165, 1.54) is 6.92 Å². The van der Waals surface area contributed by atoms with Crippen molar-refractivity contribution in [3.05, 3.63) is 29.8 Å². The summed E-state index contributed by atoms with van der Waals surface area (Å²) in [7, 11) is 0. The molecule has 142 valence electrons. The van der Waals surface area contributed by atoms with Crippen LogP contribution in [0.4, 0.5) is 10.5 Å². The van der Waals surface area contributed by atoms with Crippen LogP contribution in [0.1, 0.15) is 44.5 Å². The molecular weight excluding hydrogens is 332 g/mol. The van der Waals surface area contributed by atoms with Gasteiger partial charge in [0.15, 0.2) is 0 Å². The summed E-state index contributed by atoms with van der Waals surface area (Å²) in [6, 6.07) is 6.77. The third-order valence-electron chi connectivity index (χ3n) is 4.00. The van der Waals surface area contributed by atoms with Crippen LogP contribution in [0.5, 0.6) is 0 Å². The Bertz CT molecular complexity index is 664. The number of hydrogen-bond acceptors (Lipinski definition) is 3. The van der Waals surface area contributed by atoms with E-state index >= 15 is 0 Å². The zero-order chi connectivity index (χ0) is 19.3. The van der Waals surface area contributed by atoms with Crippen molar-refractivity contribution in [2.45, 2.75) is 39.7 Å². The molecule has 7 nitrogen and oxygen atoms in total. The zero-order valence-electron chi connectivity index (χ0n) is 16.0. The first-order valence-electron chi connectivity index (χ1n) is 8.90. The van der Waals surface area contributed by atoms with Crippen LogP contribution >= 0.6 is 0 Å². The lowest BCUT2D eigenvalue weighted by molar-refractivity contribution is -0.114. The van der Waals surface area contributed by atoms with Crippen molar-refractivity contribution in [1.29, 1.82) is 0 Å². The molecule has 1 aromatic carbocycles. The SMILES string of the molecule is CC(=O)Nc1ccc(C(=O)N2CCCN(C(=O)NC(C)(C)C)CC2)cc1. The highest BCUT2D eigenvalue weighted by Crippen LogP contribution is 2.14. The number of nitrogens with one attached hydrogen (secondary N) is 2. The highest BCUT2D eigenvalue weighted by atomic mass is 16.2. The van der Waals surface area contributed by atoms with E-state index in [4.69, 9.17) is 0 Å². The second-order valence-electron chi connectivity index (χ2n) is 7.57. The Morgan fingerprint density at radius 1 is 0.923 bits per heavy atom. The van der Waals surface area contributed by atoms with E-state index in [0.29, 0.717) is 37.4 Å². The lowest BCUT2D eigenvalue weighted by Gasteiger charge is -2.27. The van der Waals surface area contributed by atoms with E-state index in [2.05, 4.69) is 10.6 Å². The summed E-state index contributed by atoms with van der Waals surface area (Å²) in [6.45, 7) is 9.55. The van der Waals surface area contributed by atoms with Crippen molar-refractivity contribution in [1.82, 2.24) is 15.1 Å². The number of urea groups is 1. The highest BCUT2D eigenvalue weighted by molar-refractivity contribution is 5.95. The quantitative estimate of drug-likeness (QED) is 0.849. The van der Waals surface area contributed by atoms with Gasteiger partial charge in [0, 0.05) is 49.9 Å². The van der Waals surface area contributed by atoms with Crippen LogP contribution in [-0.4, -0.2) is 59.4 Å². The summed E-state index contributed by atoms with van der Waals surface area (Å²) in [6.07, 6.45) is 0.743. The summed E-state index contributed by atoms with van der Waals surface area (Å²) in [5.41, 5.74) is 0.954. The van der Waals surface area contributed by atoms with Crippen molar-refractivity contribution in [2.75, 3.05) is 31.5 Å². The number of benzene rings is 1. The molecule has 1 fully saturated rings. The second kappa shape index (κ2) is 8.21. The maximum atomic E-state index is 12.7. The molecule has 0 radical (unpaired) electrons. The first kappa shape index (κ1) is 19.8. The molecule has 1 saturated heterocycles. The topological polar surface area (TPSA) is 81.8 Å². The molecule has 1 aliphatic rings. The summed E-state index contributed by atoms with van der Waals surface area (Å²) >= 11 is 0. The molecule has 1 aliphatic heterocycles. The molecule has 7 heteroatoms. The van der Waals surface area contributed by atoms with Gasteiger partial charge in [0.05, 0.1) is 0 Å². The molecule has 26 heavy (non-hydrogen) atoms. The minimum absolute atomic E-state index is 0.0579. The number of nitrogens with zero attached hydrogens (tertiary/aromatic N) is 2. The van der Waals surface area contributed by atoms with Crippen molar-refractivity contribution in [3.8, 4) is 0 Å². The van der Waals surface area contributed by atoms with Crippen molar-refractivity contribution in [2.24, 2.45) is 0 Å². The largest absolute Gasteiger partial charge is 0.337 e. The van der Waals surface area contributed by atoms with Crippen LogP contribution in [-0.2, 0) is 4.79 Å². The third-order valence-corrected chi connectivity index (χ3v) is 4.00. The minimum Gasteiger partial charge on any atom is -0.337 e. The lowest BCUT2D eigenvalue weighted by atomic mass is 10.1. The van der Waals surface area contributed by atoms with Crippen LogP contribution in [0.3, 0.4) is 0 Å². The zero-order valence-corrected chi connectivity index (χ0v) is 16.0. The molecule has 1 heterocycles. The van der Waals surface area contributed by atoms with Gasteiger partial charge >= 0.3 is 6.03 Å². The Morgan fingerprint density at radius 2 is 1.50 bits per heavy atom. The van der Waals surface area contributed by atoms with Crippen molar-refractivity contribution >= 4 is 23.5 Å². The molecule has 0 aromatic heterocycles. The molecule has 0 bridgehead atoms. The number of anilines is 1. The van der Waals surface area contributed by atoms with Crippen LogP contribution in [0.25, 0.3) is 0 Å². The molecule has 2 N–H and O–H groups in total.